The van der Waals surface area contributed by atoms with Gasteiger partial charge in [0.15, 0.2) is 0 Å². The van der Waals surface area contributed by atoms with Crippen LogP contribution in [0.15, 0.2) is 65.1 Å². The number of para-hydroxylation sites is 1. The number of anilines is 1. The van der Waals surface area contributed by atoms with E-state index in [0.29, 0.717) is 6.42 Å². The molecule has 2 N–H and O–H groups in total. The van der Waals surface area contributed by atoms with Crippen molar-refractivity contribution in [2.45, 2.75) is 19.8 Å². The third kappa shape index (κ3) is 3.25. The monoisotopic (exact) mass is 406 g/mol. The molecule has 0 unspecified atom stereocenters. The summed E-state index contributed by atoms with van der Waals surface area (Å²) in [6, 6.07) is 20.2. The predicted octanol–water partition coefficient (Wildman–Crippen LogP) is 5.83. The van der Waals surface area contributed by atoms with Gasteiger partial charge in [0.1, 0.15) is 0 Å². The number of benzene rings is 3. The van der Waals surface area contributed by atoms with Gasteiger partial charge in [-0.3, -0.25) is 4.79 Å². The van der Waals surface area contributed by atoms with Gasteiger partial charge in [-0.15, -0.1) is 0 Å². The number of carbonyl (C=O) groups excluding carboxylic acids is 1. The topological polar surface area (TPSA) is 44.9 Å². The third-order valence-electron chi connectivity index (χ3n) is 4.66. The summed E-state index contributed by atoms with van der Waals surface area (Å²) < 4.78 is 1.01. The van der Waals surface area contributed by atoms with Gasteiger partial charge in [0.2, 0.25) is 5.91 Å². The van der Waals surface area contributed by atoms with Crippen LogP contribution in [0.5, 0.6) is 0 Å². The molecule has 1 aromatic heterocycles. The van der Waals surface area contributed by atoms with Gasteiger partial charge in [-0.2, -0.15) is 0 Å². The molecule has 1 heterocycles. The molecule has 3 aromatic carbocycles. The summed E-state index contributed by atoms with van der Waals surface area (Å²) in [4.78, 5) is 15.9. The van der Waals surface area contributed by atoms with Crippen molar-refractivity contribution in [3.8, 4) is 0 Å². The van der Waals surface area contributed by atoms with Crippen LogP contribution in [0.2, 0.25) is 0 Å². The van der Waals surface area contributed by atoms with E-state index in [4.69, 9.17) is 0 Å². The molecule has 0 aliphatic heterocycles. The van der Waals surface area contributed by atoms with E-state index in [0.717, 1.165) is 27.7 Å². The van der Waals surface area contributed by atoms with Gasteiger partial charge < -0.3 is 10.3 Å². The molecule has 0 radical (unpaired) electrons. The van der Waals surface area contributed by atoms with Crippen molar-refractivity contribution in [3.63, 3.8) is 0 Å². The Kier molecular flexibility index (Phi) is 4.51. The first-order valence-corrected chi connectivity index (χ1v) is 9.51. The van der Waals surface area contributed by atoms with E-state index < -0.39 is 0 Å². The summed E-state index contributed by atoms with van der Waals surface area (Å²) in [5.74, 6) is -0.0166. The summed E-state index contributed by atoms with van der Waals surface area (Å²) in [6.07, 6.45) is 1.35. The Morgan fingerprint density at radius 1 is 1.04 bits per heavy atom. The molecule has 0 bridgehead atoms. The van der Waals surface area contributed by atoms with Crippen LogP contribution in [0.3, 0.4) is 0 Å². The zero-order chi connectivity index (χ0) is 18.1. The highest BCUT2D eigenvalue weighted by Crippen LogP contribution is 2.29. The molecule has 0 saturated heterocycles. The van der Waals surface area contributed by atoms with Crippen molar-refractivity contribution in [1.82, 2.24) is 4.98 Å². The summed E-state index contributed by atoms with van der Waals surface area (Å²) in [5, 5.41) is 5.41. The second-order valence-corrected chi connectivity index (χ2v) is 7.35. The number of hydrogen-bond donors (Lipinski definition) is 2. The lowest BCUT2D eigenvalue weighted by molar-refractivity contribution is -0.115. The maximum Gasteiger partial charge on any atom is 0.228 e. The van der Waals surface area contributed by atoms with Crippen molar-refractivity contribution in [2.24, 2.45) is 0 Å². The van der Waals surface area contributed by atoms with E-state index in [2.05, 4.69) is 57.4 Å². The quantitative estimate of drug-likeness (QED) is 0.440. The van der Waals surface area contributed by atoms with Crippen LogP contribution in [-0.4, -0.2) is 10.9 Å². The highest BCUT2D eigenvalue weighted by Gasteiger charge is 2.09. The molecule has 4 rings (SSSR count). The number of halogens is 1. The minimum Gasteiger partial charge on any atom is -0.354 e. The second-order valence-electron chi connectivity index (χ2n) is 6.43. The first-order valence-electron chi connectivity index (χ1n) is 8.71. The number of aryl methyl sites for hydroxylation is 1. The Balaban J connectivity index is 1.60. The second kappa shape index (κ2) is 6.96. The van der Waals surface area contributed by atoms with Gasteiger partial charge in [-0.25, -0.2) is 0 Å². The number of amides is 1. The Labute approximate surface area is 160 Å². The van der Waals surface area contributed by atoms with E-state index in [1.165, 1.54) is 21.9 Å². The van der Waals surface area contributed by atoms with Gasteiger partial charge in [-0.05, 0) is 41.8 Å². The molecular weight excluding hydrogens is 388 g/mol. The number of nitrogens with one attached hydrogen (secondary N) is 2. The van der Waals surface area contributed by atoms with E-state index in [9.17, 15) is 4.79 Å². The minimum absolute atomic E-state index is 0.0166. The van der Waals surface area contributed by atoms with Gasteiger partial charge >= 0.3 is 0 Å². The molecule has 0 atom stereocenters. The Morgan fingerprint density at radius 2 is 1.85 bits per heavy atom. The number of rotatable bonds is 4. The zero-order valence-corrected chi connectivity index (χ0v) is 16.1. The molecule has 0 spiro atoms. The van der Waals surface area contributed by atoms with Crippen LogP contribution in [0, 0.1) is 0 Å². The third-order valence-corrected chi connectivity index (χ3v) is 5.19. The molecule has 0 saturated carbocycles. The van der Waals surface area contributed by atoms with Gasteiger partial charge in [0, 0.05) is 32.0 Å². The molecule has 1 amide bonds. The molecule has 4 heteroatoms. The van der Waals surface area contributed by atoms with Crippen LogP contribution in [-0.2, 0) is 17.6 Å². The first kappa shape index (κ1) is 16.9. The maximum atomic E-state index is 12.3. The molecule has 0 aliphatic carbocycles. The number of hydrogen-bond acceptors (Lipinski definition) is 1. The molecular formula is C22H19BrN2O. The van der Waals surface area contributed by atoms with Crippen molar-refractivity contribution >= 4 is 49.3 Å². The summed E-state index contributed by atoms with van der Waals surface area (Å²) in [5.41, 5.74) is 5.33. The molecule has 3 nitrogen and oxygen atoms in total. The van der Waals surface area contributed by atoms with Crippen LogP contribution in [0.1, 0.15) is 18.1 Å². The smallest absolute Gasteiger partial charge is 0.228 e. The van der Waals surface area contributed by atoms with Gasteiger partial charge in [-0.1, -0.05) is 59.3 Å². The lowest BCUT2D eigenvalue weighted by Crippen LogP contribution is -2.14. The van der Waals surface area contributed by atoms with Crippen molar-refractivity contribution in [3.05, 3.63) is 76.3 Å². The molecule has 130 valence electrons. The van der Waals surface area contributed by atoms with Gasteiger partial charge in [0.25, 0.3) is 0 Å². The highest BCUT2D eigenvalue weighted by atomic mass is 79.9. The fraction of sp³-hybridized carbons (Fsp3) is 0.136. The maximum absolute atomic E-state index is 12.3. The zero-order valence-electron chi connectivity index (χ0n) is 14.5. The Bertz CT molecular complexity index is 1100. The SMILES string of the molecule is CCc1cccc2c1[nH]c1cc(NC(=O)Cc3ccc(Br)cc3)ccc12. The first-order chi connectivity index (χ1) is 12.6. The predicted molar refractivity (Wildman–Crippen MR) is 112 cm³/mol. The number of H-pyrrole nitrogens is 1. The molecule has 0 aliphatic rings. The largest absolute Gasteiger partial charge is 0.354 e. The van der Waals surface area contributed by atoms with E-state index in [1.807, 2.05) is 36.4 Å². The Hall–Kier alpha value is -2.59. The highest BCUT2D eigenvalue weighted by molar-refractivity contribution is 9.10. The van der Waals surface area contributed by atoms with E-state index in [1.54, 1.807) is 0 Å². The number of aromatic amines is 1. The van der Waals surface area contributed by atoms with Crippen LogP contribution < -0.4 is 5.32 Å². The average Bonchev–Trinajstić information content (AvgIpc) is 3.01. The van der Waals surface area contributed by atoms with Crippen molar-refractivity contribution in [2.75, 3.05) is 5.32 Å². The van der Waals surface area contributed by atoms with Crippen LogP contribution in [0.25, 0.3) is 21.8 Å². The summed E-state index contributed by atoms with van der Waals surface area (Å²) >= 11 is 3.41. The average molecular weight is 407 g/mol. The van der Waals surface area contributed by atoms with E-state index >= 15 is 0 Å². The molecule has 0 fully saturated rings. The normalized spacial score (nSPS) is 11.2. The molecule has 26 heavy (non-hydrogen) atoms. The lowest BCUT2D eigenvalue weighted by Gasteiger charge is -2.06. The minimum atomic E-state index is -0.0166. The van der Waals surface area contributed by atoms with Crippen LogP contribution >= 0.6 is 15.9 Å². The number of aromatic nitrogens is 1. The van der Waals surface area contributed by atoms with Gasteiger partial charge in [0.05, 0.1) is 6.42 Å². The summed E-state index contributed by atoms with van der Waals surface area (Å²) in [7, 11) is 0. The standard InChI is InChI=1S/C22H19BrN2O/c1-2-15-4-3-5-19-18-11-10-17(13-20(18)25-22(15)19)24-21(26)12-14-6-8-16(23)9-7-14/h3-11,13,25H,2,12H2,1H3,(H,24,26). The Morgan fingerprint density at radius 3 is 2.62 bits per heavy atom. The summed E-state index contributed by atoms with van der Waals surface area (Å²) in [6.45, 7) is 2.16. The fourth-order valence-corrected chi connectivity index (χ4v) is 3.62. The fourth-order valence-electron chi connectivity index (χ4n) is 3.35. The number of carbonyl (C=O) groups is 1. The van der Waals surface area contributed by atoms with Crippen molar-refractivity contribution < 1.29 is 4.79 Å². The molecule has 4 aromatic rings. The van der Waals surface area contributed by atoms with Crippen LogP contribution in [0.4, 0.5) is 5.69 Å². The number of fused-ring (bicyclic) bond motifs is 3. The van der Waals surface area contributed by atoms with Crippen molar-refractivity contribution in [1.29, 1.82) is 0 Å². The lowest BCUT2D eigenvalue weighted by atomic mass is 10.1. The van der Waals surface area contributed by atoms with E-state index in [-0.39, 0.29) is 5.91 Å².